The van der Waals surface area contributed by atoms with Crippen LogP contribution in [0, 0.1) is 0 Å². The van der Waals surface area contributed by atoms with Crippen LogP contribution >= 0.6 is 15.9 Å². The second kappa shape index (κ2) is 9.59. The molecule has 0 saturated carbocycles. The summed E-state index contributed by atoms with van der Waals surface area (Å²) in [6.07, 6.45) is 0.922. The Morgan fingerprint density at radius 2 is 1.46 bits per heavy atom. The lowest BCUT2D eigenvalue weighted by Crippen LogP contribution is -2.15. The molecule has 0 atom stereocenters. The van der Waals surface area contributed by atoms with Gasteiger partial charge in [-0.3, -0.25) is 9.59 Å². The minimum atomic E-state index is 0. The van der Waals surface area contributed by atoms with Gasteiger partial charge in [0.2, 0.25) is 0 Å². The molecule has 0 spiro atoms. The lowest BCUT2D eigenvalue weighted by Gasteiger charge is -2.17. The van der Waals surface area contributed by atoms with Gasteiger partial charge in [0.15, 0.2) is 11.6 Å². The highest BCUT2D eigenvalue weighted by atomic mass is 79.9. The predicted octanol–water partition coefficient (Wildman–Crippen LogP) is 4.72. The van der Waals surface area contributed by atoms with Gasteiger partial charge in [-0.15, -0.1) is 0 Å². The van der Waals surface area contributed by atoms with Crippen molar-refractivity contribution in [2.75, 3.05) is 27.4 Å². The number of hydrogen-bond donors (Lipinski definition) is 0. The quantitative estimate of drug-likeness (QED) is 0.658. The normalized spacial score (nSPS) is 14.1. The minimum Gasteiger partial charge on any atom is -0.497 e. The van der Waals surface area contributed by atoms with Crippen LogP contribution in [0.15, 0.2) is 34.8 Å². The first-order chi connectivity index (χ1) is 13.0. The smallest absolute Gasteiger partial charge is 0.170 e. The van der Waals surface area contributed by atoms with Gasteiger partial charge >= 0.3 is 0 Å². The van der Waals surface area contributed by atoms with Crippen LogP contribution in [0.5, 0.6) is 23.0 Å². The number of Topliss-reactive ketones (excluding diaryl/α,β-unsaturated/α-hetero) is 2. The van der Waals surface area contributed by atoms with Crippen molar-refractivity contribution >= 4 is 27.5 Å². The molecular weight excluding hydrogens is 428 g/mol. The molecule has 7 heteroatoms. The van der Waals surface area contributed by atoms with Gasteiger partial charge in [-0.25, -0.2) is 0 Å². The zero-order valence-electron chi connectivity index (χ0n) is 15.0. The summed E-state index contributed by atoms with van der Waals surface area (Å²) < 4.78 is 21.6. The van der Waals surface area contributed by atoms with Crippen LogP contribution < -0.4 is 18.9 Å². The molecule has 0 bridgehead atoms. The van der Waals surface area contributed by atoms with Crippen molar-refractivity contribution in [3.05, 3.63) is 45.9 Å². The average Bonchev–Trinajstić information content (AvgIpc) is 2.68. The van der Waals surface area contributed by atoms with Gasteiger partial charge in [0.05, 0.1) is 43.0 Å². The number of rotatable bonds is 2. The molecule has 0 amide bonds. The zero-order chi connectivity index (χ0) is 19.4. The highest BCUT2D eigenvalue weighted by molar-refractivity contribution is 9.10. The summed E-state index contributed by atoms with van der Waals surface area (Å²) in [4.78, 5) is 22.9. The van der Waals surface area contributed by atoms with E-state index in [9.17, 15) is 9.59 Å². The van der Waals surface area contributed by atoms with Gasteiger partial charge in [-0.2, -0.15) is 0 Å². The number of halogens is 1. The predicted molar refractivity (Wildman–Crippen MR) is 109 cm³/mol. The van der Waals surface area contributed by atoms with E-state index in [-0.39, 0.29) is 19.0 Å². The zero-order valence-corrected chi connectivity index (χ0v) is 16.6. The number of benzene rings is 2. The first-order valence-corrected chi connectivity index (χ1v) is 9.20. The number of carbonyl (C=O) groups excluding carboxylic acids is 2. The van der Waals surface area contributed by atoms with Crippen molar-refractivity contribution in [1.82, 2.24) is 0 Å². The summed E-state index contributed by atoms with van der Waals surface area (Å²) >= 11 is 3.33. The maximum absolute atomic E-state index is 11.5. The van der Waals surface area contributed by atoms with Gasteiger partial charge < -0.3 is 18.9 Å². The maximum atomic E-state index is 11.5. The fraction of sp³-hybridized carbons (Fsp3) is 0.333. The third-order valence-electron chi connectivity index (χ3n) is 4.22. The molecule has 0 aliphatic carbocycles. The highest BCUT2D eigenvalue weighted by Gasteiger charge is 2.20. The third kappa shape index (κ3) is 4.65. The van der Waals surface area contributed by atoms with Gasteiger partial charge in [0.25, 0.3) is 0 Å². The summed E-state index contributed by atoms with van der Waals surface area (Å²) in [6.45, 7) is 0.926. The van der Waals surface area contributed by atoms with Crippen LogP contribution in [-0.4, -0.2) is 39.0 Å². The highest BCUT2D eigenvalue weighted by Crippen LogP contribution is 2.35. The molecule has 6 nitrogen and oxygen atoms in total. The molecule has 0 aromatic heterocycles. The van der Waals surface area contributed by atoms with Gasteiger partial charge in [0, 0.05) is 25.0 Å². The van der Waals surface area contributed by atoms with Crippen LogP contribution in [0.1, 0.15) is 41.0 Å². The third-order valence-corrected chi connectivity index (χ3v) is 4.84. The lowest BCUT2D eigenvalue weighted by atomic mass is 10.1. The Labute approximate surface area is 172 Å². The van der Waals surface area contributed by atoms with E-state index < -0.39 is 0 Å². The minimum absolute atomic E-state index is 0. The number of hydrogen-bond acceptors (Lipinski definition) is 6. The average molecular weight is 451 g/mol. The Bertz CT molecular complexity index is 877. The summed E-state index contributed by atoms with van der Waals surface area (Å²) in [5.41, 5.74) is 1.29. The van der Waals surface area contributed by atoms with E-state index in [1.807, 2.05) is 0 Å². The molecule has 28 heavy (non-hydrogen) atoms. The largest absolute Gasteiger partial charge is 0.497 e. The molecule has 0 saturated heterocycles. The monoisotopic (exact) mass is 450 g/mol. The molecule has 150 valence electrons. The first kappa shape index (κ1) is 21.8. The molecule has 0 N–H and O–H groups in total. The van der Waals surface area contributed by atoms with Crippen molar-refractivity contribution in [3.8, 4) is 23.0 Å². The Kier molecular flexibility index (Phi) is 7.45. The number of ether oxygens (including phenoxy) is 4. The number of fused-ring (bicyclic) bond motifs is 2. The first-order valence-electron chi connectivity index (χ1n) is 8.41. The van der Waals surface area contributed by atoms with E-state index in [4.69, 9.17) is 18.9 Å². The van der Waals surface area contributed by atoms with E-state index in [0.29, 0.717) is 60.2 Å². The van der Waals surface area contributed by atoms with Crippen LogP contribution in [0.4, 0.5) is 0 Å². The standard InChI is InChI=1S/C10H9BrO3.C10H10O3.CH4/c1-13-10-5-9-6(4-7(10)11)8(12)2-3-14-9;1-12-7-2-3-8-9(11)4-5-13-10(8)6-7;/h4-5H,2-3H2,1H3;2-3,6H,4-5H2,1H3;1H4. The van der Waals surface area contributed by atoms with Crippen LogP contribution in [0.2, 0.25) is 0 Å². The Balaban J connectivity index is 0.000000194. The summed E-state index contributed by atoms with van der Waals surface area (Å²) in [5.74, 6) is 2.90. The van der Waals surface area contributed by atoms with Crippen LogP contribution in [0.3, 0.4) is 0 Å². The van der Waals surface area contributed by atoms with Crippen molar-refractivity contribution in [3.63, 3.8) is 0 Å². The second-order valence-electron chi connectivity index (χ2n) is 5.89. The van der Waals surface area contributed by atoms with E-state index in [2.05, 4.69) is 15.9 Å². The Morgan fingerprint density at radius 3 is 2.07 bits per heavy atom. The van der Waals surface area contributed by atoms with Crippen LogP contribution in [0.25, 0.3) is 0 Å². The molecular formula is C21H23BrO6. The number of methoxy groups -OCH3 is 2. The molecule has 2 aliphatic rings. The number of ketones is 2. The number of carbonyl (C=O) groups is 2. The van der Waals surface area contributed by atoms with E-state index >= 15 is 0 Å². The van der Waals surface area contributed by atoms with E-state index in [1.165, 1.54) is 0 Å². The van der Waals surface area contributed by atoms with Gasteiger partial charge in [-0.1, -0.05) is 7.43 Å². The molecule has 2 aromatic rings. The van der Waals surface area contributed by atoms with E-state index in [0.717, 1.165) is 4.47 Å². The maximum Gasteiger partial charge on any atom is 0.170 e. The van der Waals surface area contributed by atoms with Crippen LogP contribution in [-0.2, 0) is 0 Å². The molecule has 0 radical (unpaired) electrons. The lowest BCUT2D eigenvalue weighted by molar-refractivity contribution is 0.0924. The van der Waals surface area contributed by atoms with Crippen molar-refractivity contribution in [2.24, 2.45) is 0 Å². The van der Waals surface area contributed by atoms with Crippen molar-refractivity contribution in [1.29, 1.82) is 0 Å². The molecule has 2 aliphatic heterocycles. The fourth-order valence-electron chi connectivity index (χ4n) is 2.78. The fourth-order valence-corrected chi connectivity index (χ4v) is 3.29. The Hall–Kier alpha value is -2.54. The summed E-state index contributed by atoms with van der Waals surface area (Å²) in [5, 5.41) is 0. The topological polar surface area (TPSA) is 71.1 Å². The van der Waals surface area contributed by atoms with Gasteiger partial charge in [-0.05, 0) is 34.1 Å². The molecule has 2 heterocycles. The summed E-state index contributed by atoms with van der Waals surface area (Å²) in [7, 11) is 3.17. The van der Waals surface area contributed by atoms with Crippen molar-refractivity contribution in [2.45, 2.75) is 20.3 Å². The summed E-state index contributed by atoms with van der Waals surface area (Å²) in [6, 6.07) is 8.74. The Morgan fingerprint density at radius 1 is 0.857 bits per heavy atom. The molecule has 0 fully saturated rings. The SMILES string of the molecule is C.COc1cc2c(cc1Br)C(=O)CCO2.COc1ccc2c(c1)OCCC2=O. The molecule has 4 rings (SSSR count). The van der Waals surface area contributed by atoms with E-state index in [1.54, 1.807) is 44.6 Å². The molecule has 0 unspecified atom stereocenters. The second-order valence-corrected chi connectivity index (χ2v) is 6.74. The molecule has 2 aromatic carbocycles. The van der Waals surface area contributed by atoms with Gasteiger partial charge in [0.1, 0.15) is 23.0 Å². The van der Waals surface area contributed by atoms with Crippen molar-refractivity contribution < 1.29 is 28.5 Å².